The zero-order chi connectivity index (χ0) is 53.6. The van der Waals surface area contributed by atoms with Crippen LogP contribution in [0.5, 0.6) is 28.7 Å². The van der Waals surface area contributed by atoms with E-state index in [1.54, 1.807) is 7.11 Å². The van der Waals surface area contributed by atoms with Crippen molar-refractivity contribution >= 4 is 38.7 Å². The molecule has 0 aliphatic rings. The zero-order valence-electron chi connectivity index (χ0n) is 46.5. The number of hydrogen-bond donors (Lipinski definition) is 0. The van der Waals surface area contributed by atoms with E-state index in [2.05, 4.69) is 199 Å². The van der Waals surface area contributed by atoms with Crippen molar-refractivity contribution in [1.29, 1.82) is 0 Å². The molecule has 6 nitrogen and oxygen atoms in total. The van der Waals surface area contributed by atoms with Crippen LogP contribution in [0.2, 0.25) is 0 Å². The van der Waals surface area contributed by atoms with Gasteiger partial charge in [-0.3, -0.25) is 4.52 Å². The lowest BCUT2D eigenvalue weighted by Gasteiger charge is -2.25. The van der Waals surface area contributed by atoms with Crippen LogP contribution in [0.3, 0.4) is 0 Å². The lowest BCUT2D eigenvalue weighted by atomic mass is 9.92. The zero-order valence-corrected chi connectivity index (χ0v) is 48.3. The van der Waals surface area contributed by atoms with Crippen LogP contribution in [0.1, 0.15) is 147 Å². The molecule has 0 saturated carbocycles. The first-order chi connectivity index (χ1) is 35.2. The molecule has 388 valence electrons. The summed E-state index contributed by atoms with van der Waals surface area (Å²) in [6.07, 6.45) is 9.20. The van der Waals surface area contributed by atoms with Crippen LogP contribution >= 0.6 is 17.2 Å². The number of rotatable bonds is 19. The van der Waals surface area contributed by atoms with Gasteiger partial charge in [-0.2, -0.15) is 0 Å². The number of allylic oxidation sites excluding steroid dienone is 4. The lowest BCUT2D eigenvalue weighted by molar-refractivity contribution is 0.322. The Morgan fingerprint density at radius 2 is 0.822 bits per heavy atom. The van der Waals surface area contributed by atoms with Crippen molar-refractivity contribution in [3.8, 4) is 39.9 Å². The Balaban J connectivity index is 0.000000731. The van der Waals surface area contributed by atoms with E-state index in [1.165, 1.54) is 5.57 Å². The van der Waals surface area contributed by atoms with Crippen LogP contribution in [-0.4, -0.2) is 7.11 Å². The molecular weight excluding hydrogens is 939 g/mol. The molecule has 73 heavy (non-hydrogen) atoms. The first-order valence-electron chi connectivity index (χ1n) is 26.0. The fourth-order valence-electron chi connectivity index (χ4n) is 7.97. The molecule has 0 aliphatic carbocycles. The Morgan fingerprint density at radius 1 is 0.479 bits per heavy atom. The van der Waals surface area contributed by atoms with E-state index in [-0.39, 0.29) is 17.8 Å². The van der Waals surface area contributed by atoms with Crippen molar-refractivity contribution in [3.05, 3.63) is 198 Å². The van der Waals surface area contributed by atoms with Gasteiger partial charge in [-0.15, -0.1) is 6.58 Å². The number of aryl methyl sites for hydroxylation is 3. The Labute approximate surface area is 442 Å². The molecule has 7 rings (SSSR count). The third-order valence-electron chi connectivity index (χ3n) is 12.0. The van der Waals surface area contributed by atoms with Crippen molar-refractivity contribution in [3.63, 3.8) is 0 Å². The largest absolute Gasteiger partial charge is 0.530 e. The maximum Gasteiger partial charge on any atom is 0.530 e. The summed E-state index contributed by atoms with van der Waals surface area (Å²) in [6.45, 7) is 36.7. The van der Waals surface area contributed by atoms with Gasteiger partial charge in [0.05, 0.1) is 0 Å². The van der Waals surface area contributed by atoms with Gasteiger partial charge in [-0.1, -0.05) is 204 Å². The highest BCUT2D eigenvalue weighted by Gasteiger charge is 2.29. The van der Waals surface area contributed by atoms with E-state index in [9.17, 15) is 0 Å². The minimum Gasteiger partial charge on any atom is -0.417 e. The molecule has 0 bridgehead atoms. The second-order valence-corrected chi connectivity index (χ2v) is 20.6. The van der Waals surface area contributed by atoms with Crippen LogP contribution in [-0.2, 0) is 4.52 Å². The summed E-state index contributed by atoms with van der Waals surface area (Å²) < 4.78 is 40.5. The number of hydrogen-bond acceptors (Lipinski definition) is 6. The van der Waals surface area contributed by atoms with Crippen molar-refractivity contribution in [2.75, 3.05) is 7.11 Å². The smallest absolute Gasteiger partial charge is 0.417 e. The first kappa shape index (κ1) is 59.7. The van der Waals surface area contributed by atoms with Crippen LogP contribution in [0, 0.1) is 20.8 Å². The van der Waals surface area contributed by atoms with Gasteiger partial charge in [0.15, 0.2) is 0 Å². The van der Waals surface area contributed by atoms with E-state index in [0.717, 1.165) is 103 Å². The van der Waals surface area contributed by atoms with E-state index >= 15 is 0 Å². The molecule has 0 N–H and O–H groups in total. The summed E-state index contributed by atoms with van der Waals surface area (Å²) in [5.74, 6) is 4.10. The van der Waals surface area contributed by atoms with Gasteiger partial charge >= 0.3 is 17.2 Å². The molecule has 0 heterocycles. The van der Waals surface area contributed by atoms with Crippen molar-refractivity contribution < 1.29 is 27.1 Å². The average molecular weight is 1020 g/mol. The SMILES string of the molecule is C=CC=C(CC)CC.C=CCC.CC.COP(Oc1cc(C)ccc1C(C)C)Oc1ccc2ccccc2c1-c1c(OP(Oc2cc(C)ccc2C(C)C)Oc2cc(C)ccc2C(C)C)ccc2ccccc12. The lowest BCUT2D eigenvalue weighted by Crippen LogP contribution is -2.07. The topological polar surface area (TPSA) is 55.4 Å². The fraction of sp³-hybridized carbons (Fsp3) is 0.323. The normalized spacial score (nSPS) is 11.2. The summed E-state index contributed by atoms with van der Waals surface area (Å²) >= 11 is 0. The van der Waals surface area contributed by atoms with Gasteiger partial charge in [-0.25, -0.2) is 0 Å². The molecule has 8 heteroatoms. The van der Waals surface area contributed by atoms with Gasteiger partial charge in [0.2, 0.25) is 0 Å². The molecule has 7 aromatic carbocycles. The Hall–Kier alpha value is -5.90. The predicted molar refractivity (Wildman–Crippen MR) is 317 cm³/mol. The van der Waals surface area contributed by atoms with Crippen molar-refractivity contribution in [2.24, 2.45) is 0 Å². The van der Waals surface area contributed by atoms with Gasteiger partial charge in [-0.05, 0) is 143 Å². The molecule has 1 unspecified atom stereocenters. The molecular formula is C65H82O6P2. The fourth-order valence-corrected chi connectivity index (χ4v) is 9.85. The average Bonchev–Trinajstić information content (AvgIpc) is 3.38. The molecule has 0 saturated heterocycles. The first-order valence-corrected chi connectivity index (χ1v) is 28.2. The van der Waals surface area contributed by atoms with Gasteiger partial charge < -0.3 is 22.6 Å². The minimum atomic E-state index is -2.06. The second-order valence-electron chi connectivity index (χ2n) is 18.5. The molecule has 1 atom stereocenters. The van der Waals surface area contributed by atoms with Crippen LogP contribution in [0.25, 0.3) is 32.7 Å². The van der Waals surface area contributed by atoms with Gasteiger partial charge in [0.1, 0.15) is 28.7 Å². The molecule has 0 spiro atoms. The van der Waals surface area contributed by atoms with Crippen LogP contribution in [0.15, 0.2) is 164 Å². The monoisotopic (exact) mass is 1020 g/mol. The van der Waals surface area contributed by atoms with Crippen LogP contribution < -0.4 is 22.6 Å². The quantitative estimate of drug-likeness (QED) is 0.0457. The summed E-state index contributed by atoms with van der Waals surface area (Å²) in [5, 5.41) is 4.08. The molecule has 0 aromatic heterocycles. The maximum absolute atomic E-state index is 7.16. The highest BCUT2D eigenvalue weighted by atomic mass is 31.2. The highest BCUT2D eigenvalue weighted by Crippen LogP contribution is 2.54. The number of fused-ring (bicyclic) bond motifs is 2. The standard InChI is InChI=1S/C51H54O6P2.C8H14.C4H8.C2H6/c1-32(2)40-24-19-35(7)29-47(40)55-58(52-10)53-45-27-22-38-15-11-13-17-43(38)50(45)51-44-18-14-12-16-39(44)23-28-46(51)54-59(56-48-30-36(8)20-25-41(48)33(3)4)57-49-31-37(9)21-26-42(49)34(5)6;1-4-7-8(5-2)6-3;1-3-4-2;1-2/h11-34H,1-10H3;4,7H,1,5-6H2,2-3H3;3H,1,4H2,2H3;1-2H3. The minimum absolute atomic E-state index is 0.216. The van der Waals surface area contributed by atoms with Gasteiger partial charge in [0.25, 0.3) is 0 Å². The Kier molecular flexibility index (Phi) is 24.8. The van der Waals surface area contributed by atoms with Gasteiger partial charge in [0, 0.05) is 18.2 Å². The Bertz CT molecular complexity index is 2810. The second kappa shape index (κ2) is 30.3. The molecule has 0 fully saturated rings. The van der Waals surface area contributed by atoms with Crippen molar-refractivity contribution in [1.82, 2.24) is 0 Å². The summed E-state index contributed by atoms with van der Waals surface area (Å²) in [6, 6.07) is 43.8. The van der Waals surface area contributed by atoms with E-state index in [1.807, 2.05) is 56.3 Å². The highest BCUT2D eigenvalue weighted by molar-refractivity contribution is 7.43. The third-order valence-corrected chi connectivity index (χ3v) is 14.0. The molecule has 7 aromatic rings. The van der Waals surface area contributed by atoms with E-state index in [4.69, 9.17) is 27.1 Å². The predicted octanol–water partition coefficient (Wildman–Crippen LogP) is 21.6. The summed E-state index contributed by atoms with van der Waals surface area (Å²) in [7, 11) is -2.31. The molecule has 0 radical (unpaired) electrons. The molecule has 0 aliphatic heterocycles. The Morgan fingerprint density at radius 3 is 1.14 bits per heavy atom. The maximum atomic E-state index is 7.16. The van der Waals surface area contributed by atoms with E-state index < -0.39 is 17.2 Å². The third kappa shape index (κ3) is 16.8. The molecule has 0 amide bonds. The summed E-state index contributed by atoms with van der Waals surface area (Å²) in [4.78, 5) is 0. The van der Waals surface area contributed by atoms with Crippen LogP contribution in [0.4, 0.5) is 0 Å². The van der Waals surface area contributed by atoms with E-state index in [0.29, 0.717) is 11.5 Å². The van der Waals surface area contributed by atoms with Crippen molar-refractivity contribution in [2.45, 2.75) is 134 Å². The number of benzene rings is 7. The summed E-state index contributed by atoms with van der Waals surface area (Å²) in [5.41, 5.74) is 9.68.